The highest BCUT2D eigenvalue weighted by Crippen LogP contribution is 2.38. The van der Waals surface area contributed by atoms with E-state index in [4.69, 9.17) is 17.0 Å². The van der Waals surface area contributed by atoms with Gasteiger partial charge < -0.3 is 14.3 Å². The molecule has 3 atom stereocenters. The highest BCUT2D eigenvalue weighted by atomic mass is 32.1. The van der Waals surface area contributed by atoms with Crippen molar-refractivity contribution < 1.29 is 4.74 Å². The number of methoxy groups -OCH3 is 1. The number of hydrogen-bond acceptors (Lipinski definition) is 2. The average Bonchev–Trinajstić information content (AvgIpc) is 2.74. The molecule has 1 saturated carbocycles. The molecule has 0 radical (unpaired) electrons. The topological polar surface area (TPSA) is 29.9 Å². The summed E-state index contributed by atoms with van der Waals surface area (Å²) in [4.78, 5) is 3.33. The molecule has 3 unspecified atom stereocenters. The van der Waals surface area contributed by atoms with Crippen molar-refractivity contribution in [1.82, 2.24) is 9.55 Å². The minimum atomic E-state index is 0.515. The van der Waals surface area contributed by atoms with Crippen molar-refractivity contribution in [3.05, 3.63) is 23.0 Å². The van der Waals surface area contributed by atoms with Crippen molar-refractivity contribution in [3.63, 3.8) is 0 Å². The molecule has 1 aromatic carbocycles. The summed E-state index contributed by atoms with van der Waals surface area (Å²) in [5, 5.41) is 0. The second kappa shape index (κ2) is 5.24. The Morgan fingerprint density at radius 1 is 1.30 bits per heavy atom. The van der Waals surface area contributed by atoms with Gasteiger partial charge in [-0.25, -0.2) is 0 Å². The molecule has 1 aliphatic carbocycles. The normalized spacial score (nSPS) is 26.9. The van der Waals surface area contributed by atoms with Gasteiger partial charge in [-0.05, 0) is 55.4 Å². The van der Waals surface area contributed by atoms with E-state index in [-0.39, 0.29) is 0 Å². The Bertz CT molecular complexity index is 673. The van der Waals surface area contributed by atoms with E-state index in [1.54, 1.807) is 7.11 Å². The first-order valence-electron chi connectivity index (χ1n) is 7.38. The number of aromatic amines is 1. The molecule has 0 amide bonds. The van der Waals surface area contributed by atoms with Gasteiger partial charge in [0.25, 0.3) is 0 Å². The molecule has 3 nitrogen and oxygen atoms in total. The van der Waals surface area contributed by atoms with Crippen molar-refractivity contribution in [1.29, 1.82) is 0 Å². The second-order valence-corrected chi connectivity index (χ2v) is 6.53. The summed E-state index contributed by atoms with van der Waals surface area (Å²) >= 11 is 5.56. The predicted molar refractivity (Wildman–Crippen MR) is 84.9 cm³/mol. The third kappa shape index (κ3) is 2.26. The molecule has 0 aliphatic heterocycles. The minimum absolute atomic E-state index is 0.515. The first kappa shape index (κ1) is 13.7. The van der Waals surface area contributed by atoms with E-state index < -0.39 is 0 Å². The van der Waals surface area contributed by atoms with Crippen molar-refractivity contribution in [3.8, 4) is 5.75 Å². The summed E-state index contributed by atoms with van der Waals surface area (Å²) in [7, 11) is 1.69. The van der Waals surface area contributed by atoms with Crippen LogP contribution in [0.25, 0.3) is 11.0 Å². The molecule has 1 N–H and O–H groups in total. The molecule has 0 spiro atoms. The van der Waals surface area contributed by atoms with Crippen LogP contribution in [0, 0.1) is 16.6 Å². The van der Waals surface area contributed by atoms with Gasteiger partial charge >= 0.3 is 0 Å². The number of aromatic nitrogens is 2. The van der Waals surface area contributed by atoms with Crippen LogP contribution in [0.1, 0.15) is 39.2 Å². The molecular formula is C16H22N2OS. The Labute approximate surface area is 125 Å². The summed E-state index contributed by atoms with van der Waals surface area (Å²) < 4.78 is 8.44. The van der Waals surface area contributed by atoms with Gasteiger partial charge in [0.2, 0.25) is 0 Å². The number of H-pyrrole nitrogens is 1. The molecule has 2 aromatic rings. The zero-order valence-electron chi connectivity index (χ0n) is 12.3. The fourth-order valence-corrected chi connectivity index (χ4v) is 3.94. The number of fused-ring (bicyclic) bond motifs is 1. The highest BCUT2D eigenvalue weighted by Gasteiger charge is 2.28. The van der Waals surface area contributed by atoms with Gasteiger partial charge in [-0.15, -0.1) is 0 Å². The Hall–Kier alpha value is -1.29. The van der Waals surface area contributed by atoms with Gasteiger partial charge in [0.05, 0.1) is 18.1 Å². The lowest BCUT2D eigenvalue weighted by atomic mass is 9.79. The van der Waals surface area contributed by atoms with Gasteiger partial charge in [-0.2, -0.15) is 0 Å². The molecular weight excluding hydrogens is 268 g/mol. The van der Waals surface area contributed by atoms with Gasteiger partial charge in [-0.3, -0.25) is 0 Å². The van der Waals surface area contributed by atoms with Gasteiger partial charge in [0.1, 0.15) is 5.75 Å². The van der Waals surface area contributed by atoms with Crippen LogP contribution < -0.4 is 4.74 Å². The van der Waals surface area contributed by atoms with Gasteiger partial charge in [0.15, 0.2) is 4.77 Å². The molecule has 4 heteroatoms. The number of ether oxygens (including phenoxy) is 1. The zero-order valence-corrected chi connectivity index (χ0v) is 13.2. The molecule has 108 valence electrons. The smallest absolute Gasteiger partial charge is 0.178 e. The molecule has 1 heterocycles. The summed E-state index contributed by atoms with van der Waals surface area (Å²) in [5.41, 5.74) is 2.27. The maximum Gasteiger partial charge on any atom is 0.178 e. The lowest BCUT2D eigenvalue weighted by Crippen LogP contribution is -2.24. The number of nitrogens with one attached hydrogen (secondary N) is 1. The lowest BCUT2D eigenvalue weighted by molar-refractivity contribution is 0.210. The Morgan fingerprint density at radius 2 is 2.10 bits per heavy atom. The van der Waals surface area contributed by atoms with Crippen LogP contribution in [0.15, 0.2) is 18.2 Å². The largest absolute Gasteiger partial charge is 0.497 e. The van der Waals surface area contributed by atoms with Gasteiger partial charge in [0, 0.05) is 12.1 Å². The fraction of sp³-hybridized carbons (Fsp3) is 0.562. The van der Waals surface area contributed by atoms with Crippen molar-refractivity contribution in [2.75, 3.05) is 7.11 Å². The highest BCUT2D eigenvalue weighted by molar-refractivity contribution is 7.71. The van der Waals surface area contributed by atoms with E-state index in [1.807, 2.05) is 12.1 Å². The molecule has 1 aromatic heterocycles. The van der Waals surface area contributed by atoms with Crippen LogP contribution in [-0.2, 0) is 0 Å². The van der Waals surface area contributed by atoms with E-state index in [0.29, 0.717) is 12.0 Å². The number of hydrogen-bond donors (Lipinski definition) is 1. The van der Waals surface area contributed by atoms with E-state index in [1.165, 1.54) is 24.8 Å². The standard InChI is InChI=1S/C16H22N2OS/c1-10-4-6-14(11(2)8-10)18-15-7-5-12(19-3)9-13(15)17-16(18)20/h5,7,9-11,14H,4,6,8H2,1-3H3,(H,17,20). The number of nitrogens with zero attached hydrogens (tertiary/aromatic N) is 1. The van der Waals surface area contributed by atoms with Crippen LogP contribution in [0.5, 0.6) is 5.75 Å². The molecule has 20 heavy (non-hydrogen) atoms. The lowest BCUT2D eigenvalue weighted by Gasteiger charge is -2.33. The van der Waals surface area contributed by atoms with E-state index in [9.17, 15) is 0 Å². The van der Waals surface area contributed by atoms with Crippen LogP contribution in [-0.4, -0.2) is 16.7 Å². The molecule has 1 fully saturated rings. The third-order valence-electron chi connectivity index (χ3n) is 4.64. The monoisotopic (exact) mass is 290 g/mol. The van der Waals surface area contributed by atoms with E-state index in [2.05, 4.69) is 29.5 Å². The summed E-state index contributed by atoms with van der Waals surface area (Å²) in [6.07, 6.45) is 3.80. The first-order valence-corrected chi connectivity index (χ1v) is 7.79. The number of imidazole rings is 1. The van der Waals surface area contributed by atoms with Crippen molar-refractivity contribution in [2.45, 2.75) is 39.2 Å². The number of rotatable bonds is 2. The minimum Gasteiger partial charge on any atom is -0.497 e. The quantitative estimate of drug-likeness (QED) is 0.812. The maximum atomic E-state index is 5.56. The summed E-state index contributed by atoms with van der Waals surface area (Å²) in [6, 6.07) is 6.67. The Balaban J connectivity index is 2.07. The van der Waals surface area contributed by atoms with Crippen molar-refractivity contribution in [2.24, 2.45) is 11.8 Å². The van der Waals surface area contributed by atoms with Crippen LogP contribution >= 0.6 is 12.2 Å². The predicted octanol–water partition coefficient (Wildman–Crippen LogP) is 4.70. The van der Waals surface area contributed by atoms with Crippen LogP contribution in [0.4, 0.5) is 0 Å². The van der Waals surface area contributed by atoms with Gasteiger partial charge in [-0.1, -0.05) is 13.8 Å². The Kier molecular flexibility index (Phi) is 3.59. The second-order valence-electron chi connectivity index (χ2n) is 6.15. The van der Waals surface area contributed by atoms with E-state index >= 15 is 0 Å². The van der Waals surface area contributed by atoms with Crippen LogP contribution in [0.2, 0.25) is 0 Å². The first-order chi connectivity index (χ1) is 9.60. The average molecular weight is 290 g/mol. The van der Waals surface area contributed by atoms with Crippen LogP contribution in [0.3, 0.4) is 0 Å². The molecule has 3 rings (SSSR count). The maximum absolute atomic E-state index is 5.56. The SMILES string of the molecule is COc1ccc2c(c1)[nH]c(=S)n2C1CCC(C)CC1C. The Morgan fingerprint density at radius 3 is 2.80 bits per heavy atom. The third-order valence-corrected chi connectivity index (χ3v) is 4.94. The summed E-state index contributed by atoms with van der Waals surface area (Å²) in [5.74, 6) is 2.37. The fourth-order valence-electron chi connectivity index (χ4n) is 3.60. The van der Waals surface area contributed by atoms with E-state index in [0.717, 1.165) is 22.0 Å². The van der Waals surface area contributed by atoms with Crippen molar-refractivity contribution >= 4 is 23.3 Å². The number of benzene rings is 1. The molecule has 0 bridgehead atoms. The zero-order chi connectivity index (χ0) is 14.3. The molecule has 1 aliphatic rings. The molecule has 0 saturated heterocycles. The summed E-state index contributed by atoms with van der Waals surface area (Å²) in [6.45, 7) is 4.70.